The molecule has 1 fully saturated rings. The van der Waals surface area contributed by atoms with E-state index in [0.29, 0.717) is 16.6 Å². The number of hydrogen-bond acceptors (Lipinski definition) is 6. The first-order valence-electron chi connectivity index (χ1n) is 7.17. The predicted octanol–water partition coefficient (Wildman–Crippen LogP) is 3.11. The minimum absolute atomic E-state index is 0.161. The molecule has 2 heterocycles. The molecule has 1 saturated carbocycles. The molecule has 1 amide bonds. The van der Waals surface area contributed by atoms with Crippen LogP contribution in [0.2, 0.25) is 0 Å². The zero-order chi connectivity index (χ0) is 15.7. The molecule has 0 aliphatic heterocycles. The number of nitrogens with two attached hydrogens (primary N) is 1. The third-order valence-corrected chi connectivity index (χ3v) is 5.52. The Morgan fingerprint density at radius 2 is 2.23 bits per heavy atom. The van der Waals surface area contributed by atoms with Gasteiger partial charge in [-0.05, 0) is 47.8 Å². The Morgan fingerprint density at radius 3 is 2.86 bits per heavy atom. The van der Waals surface area contributed by atoms with Crippen LogP contribution in [-0.2, 0) is 5.54 Å². The van der Waals surface area contributed by atoms with Crippen molar-refractivity contribution in [3.63, 3.8) is 0 Å². The molecule has 0 saturated heterocycles. The Labute approximate surface area is 140 Å². The Kier molecular flexibility index (Phi) is 4.33. The monoisotopic (exact) mass is 384 g/mol. The molecular weight excluding hydrogens is 368 g/mol. The summed E-state index contributed by atoms with van der Waals surface area (Å²) >= 11 is 4.72. The zero-order valence-corrected chi connectivity index (χ0v) is 14.5. The van der Waals surface area contributed by atoms with Gasteiger partial charge >= 0.3 is 0 Å². The molecule has 2 aromatic heterocycles. The van der Waals surface area contributed by atoms with Crippen LogP contribution in [0.1, 0.15) is 60.0 Å². The highest BCUT2D eigenvalue weighted by Crippen LogP contribution is 2.35. The summed E-state index contributed by atoms with van der Waals surface area (Å²) in [5, 5.41) is 6.86. The van der Waals surface area contributed by atoms with Crippen molar-refractivity contribution in [2.45, 2.75) is 44.2 Å². The summed E-state index contributed by atoms with van der Waals surface area (Å²) in [6.07, 6.45) is 3.91. The largest absolute Gasteiger partial charge is 0.340 e. The van der Waals surface area contributed by atoms with Gasteiger partial charge in [0.1, 0.15) is 6.04 Å². The molecule has 22 heavy (non-hydrogen) atoms. The first kappa shape index (κ1) is 15.6. The molecule has 6 nitrogen and oxygen atoms in total. The van der Waals surface area contributed by atoms with E-state index >= 15 is 0 Å². The van der Waals surface area contributed by atoms with Crippen molar-refractivity contribution in [1.82, 2.24) is 15.5 Å². The quantitative estimate of drug-likeness (QED) is 0.844. The lowest BCUT2D eigenvalue weighted by molar-refractivity contribution is 0.0936. The molecule has 2 aromatic rings. The van der Waals surface area contributed by atoms with E-state index in [9.17, 15) is 4.79 Å². The Bertz CT molecular complexity index is 678. The standard InChI is InChI=1S/C14H17BrN4O2S/c1-8(17-11(20)9-4-5-10(15)22-9)12-18-13(19-21-12)14(16)6-2-3-7-14/h4-5,8H,2-3,6-7,16H2,1H3,(H,17,20). The van der Waals surface area contributed by atoms with E-state index in [1.165, 1.54) is 11.3 Å². The van der Waals surface area contributed by atoms with Gasteiger partial charge in [-0.2, -0.15) is 4.98 Å². The van der Waals surface area contributed by atoms with Crippen molar-refractivity contribution in [1.29, 1.82) is 0 Å². The highest BCUT2D eigenvalue weighted by molar-refractivity contribution is 9.11. The molecule has 1 aliphatic rings. The van der Waals surface area contributed by atoms with Crippen LogP contribution < -0.4 is 11.1 Å². The summed E-state index contributed by atoms with van der Waals surface area (Å²) in [5.41, 5.74) is 5.83. The minimum Gasteiger partial charge on any atom is -0.340 e. The topological polar surface area (TPSA) is 94.0 Å². The molecule has 1 atom stereocenters. The number of rotatable bonds is 4. The molecule has 1 unspecified atom stereocenters. The highest BCUT2D eigenvalue weighted by atomic mass is 79.9. The van der Waals surface area contributed by atoms with Crippen LogP contribution in [0, 0.1) is 0 Å². The van der Waals surface area contributed by atoms with Crippen LogP contribution in [0.5, 0.6) is 0 Å². The molecular formula is C14H17BrN4O2S. The van der Waals surface area contributed by atoms with Crippen molar-refractivity contribution in [3.8, 4) is 0 Å². The van der Waals surface area contributed by atoms with Gasteiger partial charge in [0.2, 0.25) is 5.89 Å². The first-order chi connectivity index (χ1) is 10.5. The Balaban J connectivity index is 1.69. The van der Waals surface area contributed by atoms with Gasteiger partial charge in [0.05, 0.1) is 14.2 Å². The fourth-order valence-corrected chi connectivity index (χ4v) is 3.90. The molecule has 0 bridgehead atoms. The highest BCUT2D eigenvalue weighted by Gasteiger charge is 2.36. The van der Waals surface area contributed by atoms with E-state index in [-0.39, 0.29) is 11.9 Å². The summed E-state index contributed by atoms with van der Waals surface area (Å²) < 4.78 is 6.20. The lowest BCUT2D eigenvalue weighted by Crippen LogP contribution is -2.34. The third kappa shape index (κ3) is 3.09. The van der Waals surface area contributed by atoms with Gasteiger partial charge in [-0.1, -0.05) is 18.0 Å². The number of carbonyl (C=O) groups is 1. The van der Waals surface area contributed by atoms with Crippen molar-refractivity contribution >= 4 is 33.2 Å². The summed E-state index contributed by atoms with van der Waals surface area (Å²) in [5.74, 6) is 0.766. The van der Waals surface area contributed by atoms with Gasteiger partial charge in [0.25, 0.3) is 5.91 Å². The number of nitrogens with one attached hydrogen (secondary N) is 1. The Morgan fingerprint density at radius 1 is 1.50 bits per heavy atom. The molecule has 0 spiro atoms. The molecule has 1 aliphatic carbocycles. The van der Waals surface area contributed by atoms with Crippen molar-refractivity contribution < 1.29 is 9.32 Å². The van der Waals surface area contributed by atoms with Crippen molar-refractivity contribution in [2.75, 3.05) is 0 Å². The summed E-state index contributed by atoms with van der Waals surface area (Å²) in [4.78, 5) is 17.2. The van der Waals surface area contributed by atoms with Crippen LogP contribution >= 0.6 is 27.3 Å². The van der Waals surface area contributed by atoms with Crippen molar-refractivity contribution in [3.05, 3.63) is 32.5 Å². The number of hydrogen-bond donors (Lipinski definition) is 2. The minimum atomic E-state index is -0.482. The van der Waals surface area contributed by atoms with Crippen molar-refractivity contribution in [2.24, 2.45) is 5.73 Å². The van der Waals surface area contributed by atoms with Gasteiger partial charge in [-0.3, -0.25) is 4.79 Å². The smallest absolute Gasteiger partial charge is 0.262 e. The second kappa shape index (κ2) is 6.10. The van der Waals surface area contributed by atoms with Gasteiger partial charge < -0.3 is 15.6 Å². The van der Waals surface area contributed by atoms with E-state index in [1.54, 1.807) is 6.07 Å². The van der Waals surface area contributed by atoms with Crippen LogP contribution in [0.3, 0.4) is 0 Å². The molecule has 0 radical (unpaired) electrons. The van der Waals surface area contributed by atoms with Gasteiger partial charge in [-0.15, -0.1) is 11.3 Å². The molecule has 0 aromatic carbocycles. The fourth-order valence-electron chi connectivity index (χ4n) is 2.61. The molecule has 118 valence electrons. The van der Waals surface area contributed by atoms with Gasteiger partial charge in [0.15, 0.2) is 5.82 Å². The number of nitrogens with zero attached hydrogens (tertiary/aromatic N) is 2. The van der Waals surface area contributed by atoms with Crippen LogP contribution in [-0.4, -0.2) is 16.0 Å². The number of amides is 1. The number of thiophene rings is 1. The number of aromatic nitrogens is 2. The number of halogens is 1. The predicted molar refractivity (Wildman–Crippen MR) is 86.5 cm³/mol. The normalized spacial score (nSPS) is 18.3. The first-order valence-corrected chi connectivity index (χ1v) is 8.78. The maximum absolute atomic E-state index is 12.1. The Hall–Kier alpha value is -1.25. The van der Waals surface area contributed by atoms with E-state index in [1.807, 2.05) is 13.0 Å². The van der Waals surface area contributed by atoms with Crippen LogP contribution in [0.4, 0.5) is 0 Å². The summed E-state index contributed by atoms with van der Waals surface area (Å²) in [7, 11) is 0. The zero-order valence-electron chi connectivity index (χ0n) is 12.1. The maximum atomic E-state index is 12.1. The van der Waals surface area contributed by atoms with E-state index in [2.05, 4.69) is 31.4 Å². The van der Waals surface area contributed by atoms with E-state index in [0.717, 1.165) is 29.5 Å². The lowest BCUT2D eigenvalue weighted by atomic mass is 9.99. The van der Waals surface area contributed by atoms with Crippen LogP contribution in [0.25, 0.3) is 0 Å². The van der Waals surface area contributed by atoms with E-state index < -0.39 is 5.54 Å². The van der Waals surface area contributed by atoms with Crippen LogP contribution in [0.15, 0.2) is 20.4 Å². The average molecular weight is 385 g/mol. The second-order valence-corrected chi connectivity index (χ2v) is 8.08. The molecule has 8 heteroatoms. The summed E-state index contributed by atoms with van der Waals surface area (Å²) in [6.45, 7) is 1.82. The second-order valence-electron chi connectivity index (χ2n) is 5.62. The third-order valence-electron chi connectivity index (χ3n) is 3.90. The maximum Gasteiger partial charge on any atom is 0.262 e. The van der Waals surface area contributed by atoms with Gasteiger partial charge in [-0.25, -0.2) is 0 Å². The average Bonchev–Trinajstić information content (AvgIpc) is 3.18. The number of carbonyl (C=O) groups excluding carboxylic acids is 1. The van der Waals surface area contributed by atoms with Gasteiger partial charge in [0, 0.05) is 0 Å². The SMILES string of the molecule is CC(NC(=O)c1ccc(Br)s1)c1nc(C2(N)CCCC2)no1. The van der Waals surface area contributed by atoms with E-state index in [4.69, 9.17) is 10.3 Å². The lowest BCUT2D eigenvalue weighted by Gasteiger charge is -2.17. The fraction of sp³-hybridized carbons (Fsp3) is 0.500. The summed E-state index contributed by atoms with van der Waals surface area (Å²) in [6, 6.07) is 3.25. The molecule has 3 rings (SSSR count). The molecule has 3 N–H and O–H groups in total.